The minimum Gasteiger partial charge on any atom is -0.506 e. The molecule has 1 aromatic rings. The quantitative estimate of drug-likeness (QED) is 0.489. The summed E-state index contributed by atoms with van der Waals surface area (Å²) in [7, 11) is 0. The second-order valence-electron chi connectivity index (χ2n) is 2.12. The first-order chi connectivity index (χ1) is 5.33. The average molecular weight is 147 g/mol. The summed E-state index contributed by atoms with van der Waals surface area (Å²) in [5, 5.41) is 15.6. The van der Waals surface area contributed by atoms with Crippen LogP contribution < -0.4 is 0 Å². The van der Waals surface area contributed by atoms with Crippen LogP contribution in [0.1, 0.15) is 5.56 Å². The molecule has 0 aromatic heterocycles. The first-order valence-electron chi connectivity index (χ1n) is 3.29. The minimum absolute atomic E-state index is 0.0313. The van der Waals surface area contributed by atoms with E-state index < -0.39 is 0 Å². The highest BCUT2D eigenvalue weighted by molar-refractivity contribution is 5.80. The lowest BCUT2D eigenvalue weighted by atomic mass is 10.2. The van der Waals surface area contributed by atoms with E-state index in [1.54, 1.807) is 0 Å². The summed E-state index contributed by atoms with van der Waals surface area (Å²) in [4.78, 5) is 0. The fourth-order valence-corrected chi connectivity index (χ4v) is 0.762. The van der Waals surface area contributed by atoms with Crippen molar-refractivity contribution in [1.29, 1.82) is 5.41 Å². The third-order valence-corrected chi connectivity index (χ3v) is 1.26. The summed E-state index contributed by atoms with van der Waals surface area (Å²) in [5.74, 6) is -0.0313. The van der Waals surface area contributed by atoms with Gasteiger partial charge in [-0.3, -0.25) is 0 Å². The summed E-state index contributed by atoms with van der Waals surface area (Å²) < 4.78 is 0. The topological polar surface area (TPSA) is 44.1 Å². The molecule has 0 spiro atoms. The number of rotatable bonds is 2. The lowest BCUT2D eigenvalue weighted by Crippen LogP contribution is -1.79. The largest absolute Gasteiger partial charge is 0.506 e. The van der Waals surface area contributed by atoms with Crippen molar-refractivity contribution in [1.82, 2.24) is 0 Å². The summed E-state index contributed by atoms with van der Waals surface area (Å²) in [6, 6.07) is 9.38. The van der Waals surface area contributed by atoms with E-state index in [4.69, 9.17) is 10.5 Å². The molecule has 2 N–H and O–H groups in total. The van der Waals surface area contributed by atoms with Gasteiger partial charge in [-0.15, -0.1) is 0 Å². The first kappa shape index (κ1) is 7.54. The van der Waals surface area contributed by atoms with Crippen LogP contribution in [0.5, 0.6) is 0 Å². The predicted molar refractivity (Wildman–Crippen MR) is 45.8 cm³/mol. The van der Waals surface area contributed by atoms with Gasteiger partial charge in [0.15, 0.2) is 0 Å². The van der Waals surface area contributed by atoms with E-state index in [1.807, 2.05) is 30.3 Å². The molecular formula is C9H9NO. The van der Waals surface area contributed by atoms with E-state index in [0.29, 0.717) is 0 Å². The van der Waals surface area contributed by atoms with E-state index in [-0.39, 0.29) is 5.76 Å². The zero-order valence-corrected chi connectivity index (χ0v) is 5.99. The molecule has 0 radical (unpaired) electrons. The number of aliphatic hydroxyl groups is 1. The van der Waals surface area contributed by atoms with E-state index in [9.17, 15) is 0 Å². The van der Waals surface area contributed by atoms with Crippen molar-refractivity contribution in [3.63, 3.8) is 0 Å². The van der Waals surface area contributed by atoms with Crippen molar-refractivity contribution in [2.45, 2.75) is 0 Å². The lowest BCUT2D eigenvalue weighted by molar-refractivity contribution is 0.451. The maximum Gasteiger partial charge on any atom is 0.133 e. The number of allylic oxidation sites excluding steroid dienone is 1. The van der Waals surface area contributed by atoms with Crippen LogP contribution in [0.3, 0.4) is 0 Å². The molecule has 0 unspecified atom stereocenters. The summed E-state index contributed by atoms with van der Waals surface area (Å²) in [5.41, 5.74) is 0.897. The fraction of sp³-hybridized carbons (Fsp3) is 0. The van der Waals surface area contributed by atoms with E-state index >= 15 is 0 Å². The molecule has 0 fully saturated rings. The van der Waals surface area contributed by atoms with Crippen LogP contribution in [0, 0.1) is 5.41 Å². The Balaban J connectivity index is 2.87. The van der Waals surface area contributed by atoms with Crippen molar-refractivity contribution in [3.05, 3.63) is 41.7 Å². The summed E-state index contributed by atoms with van der Waals surface area (Å²) in [6.45, 7) is 0. The van der Waals surface area contributed by atoms with Crippen LogP contribution >= 0.6 is 0 Å². The molecule has 0 aliphatic rings. The SMILES string of the molecule is N=C/C(O)=C\c1ccccc1. The van der Waals surface area contributed by atoms with Gasteiger partial charge in [0.1, 0.15) is 5.76 Å². The Kier molecular flexibility index (Phi) is 2.44. The fourth-order valence-electron chi connectivity index (χ4n) is 0.762. The molecule has 0 saturated heterocycles. The van der Waals surface area contributed by atoms with Gasteiger partial charge in [-0.25, -0.2) is 0 Å². The Hall–Kier alpha value is -1.57. The molecule has 0 aliphatic carbocycles. The van der Waals surface area contributed by atoms with Crippen LogP contribution in [0.15, 0.2) is 36.1 Å². The lowest BCUT2D eigenvalue weighted by Gasteiger charge is -1.91. The number of hydrogen-bond acceptors (Lipinski definition) is 2. The van der Waals surface area contributed by atoms with E-state index in [1.165, 1.54) is 6.08 Å². The Labute approximate surface area is 65.3 Å². The van der Waals surface area contributed by atoms with Crippen LogP contribution in [-0.2, 0) is 0 Å². The van der Waals surface area contributed by atoms with Crippen LogP contribution in [0.25, 0.3) is 6.08 Å². The third kappa shape index (κ3) is 2.26. The molecule has 11 heavy (non-hydrogen) atoms. The normalized spacial score (nSPS) is 11.1. The molecule has 0 heterocycles. The highest BCUT2D eigenvalue weighted by Gasteiger charge is 1.86. The number of hydrogen-bond donors (Lipinski definition) is 2. The van der Waals surface area contributed by atoms with Crippen LogP contribution in [0.4, 0.5) is 0 Å². The number of aliphatic hydroxyl groups excluding tert-OH is 1. The van der Waals surface area contributed by atoms with Gasteiger partial charge in [0, 0.05) is 0 Å². The van der Waals surface area contributed by atoms with Crippen molar-refractivity contribution in [2.24, 2.45) is 0 Å². The molecule has 2 heteroatoms. The molecule has 0 bridgehead atoms. The predicted octanol–water partition coefficient (Wildman–Crippen LogP) is 2.24. The Morgan fingerprint density at radius 2 is 1.91 bits per heavy atom. The molecule has 0 atom stereocenters. The Bertz CT molecular complexity index is 264. The second-order valence-corrected chi connectivity index (χ2v) is 2.12. The zero-order valence-electron chi connectivity index (χ0n) is 5.99. The third-order valence-electron chi connectivity index (χ3n) is 1.26. The highest BCUT2D eigenvalue weighted by Crippen LogP contribution is 2.02. The Morgan fingerprint density at radius 3 is 2.45 bits per heavy atom. The van der Waals surface area contributed by atoms with Crippen molar-refractivity contribution >= 4 is 12.3 Å². The van der Waals surface area contributed by atoms with Crippen molar-refractivity contribution in [3.8, 4) is 0 Å². The summed E-state index contributed by atoms with van der Waals surface area (Å²) >= 11 is 0. The van der Waals surface area contributed by atoms with Gasteiger partial charge in [-0.1, -0.05) is 30.3 Å². The summed E-state index contributed by atoms with van der Waals surface area (Å²) in [6.07, 6.45) is 2.44. The van der Waals surface area contributed by atoms with Crippen molar-refractivity contribution < 1.29 is 5.11 Å². The number of nitrogens with one attached hydrogen (secondary N) is 1. The first-order valence-corrected chi connectivity index (χ1v) is 3.29. The van der Waals surface area contributed by atoms with Gasteiger partial charge in [-0.2, -0.15) is 0 Å². The van der Waals surface area contributed by atoms with Crippen LogP contribution in [-0.4, -0.2) is 11.3 Å². The molecule has 56 valence electrons. The van der Waals surface area contributed by atoms with Gasteiger partial charge in [0.2, 0.25) is 0 Å². The number of benzene rings is 1. The van der Waals surface area contributed by atoms with Gasteiger partial charge in [-0.05, 0) is 11.6 Å². The van der Waals surface area contributed by atoms with Gasteiger partial charge >= 0.3 is 0 Å². The maximum absolute atomic E-state index is 8.93. The van der Waals surface area contributed by atoms with Gasteiger partial charge < -0.3 is 10.5 Å². The van der Waals surface area contributed by atoms with E-state index in [2.05, 4.69) is 0 Å². The highest BCUT2D eigenvalue weighted by atomic mass is 16.3. The molecular weight excluding hydrogens is 138 g/mol. The minimum atomic E-state index is -0.0313. The molecule has 2 nitrogen and oxygen atoms in total. The molecule has 0 aliphatic heterocycles. The monoisotopic (exact) mass is 147 g/mol. The molecule has 0 amide bonds. The smallest absolute Gasteiger partial charge is 0.133 e. The van der Waals surface area contributed by atoms with E-state index in [0.717, 1.165) is 11.8 Å². The van der Waals surface area contributed by atoms with Crippen molar-refractivity contribution in [2.75, 3.05) is 0 Å². The molecule has 0 saturated carbocycles. The maximum atomic E-state index is 8.93. The molecule has 1 aromatic carbocycles. The molecule has 1 rings (SSSR count). The average Bonchev–Trinajstić information content (AvgIpc) is 2.06. The second kappa shape index (κ2) is 3.56. The van der Waals surface area contributed by atoms with Gasteiger partial charge in [0.05, 0.1) is 6.21 Å². The Morgan fingerprint density at radius 1 is 1.27 bits per heavy atom. The standard InChI is InChI=1S/C9H9NO/c10-7-9(11)6-8-4-2-1-3-5-8/h1-7,10-11H/b9-6+,10-7?. The zero-order chi connectivity index (χ0) is 8.10. The van der Waals surface area contributed by atoms with Crippen LogP contribution in [0.2, 0.25) is 0 Å². The van der Waals surface area contributed by atoms with Gasteiger partial charge in [0.25, 0.3) is 0 Å².